The molecule has 2 heterocycles. The minimum Gasteiger partial charge on any atom is -0.466 e. The number of halogens is 2. The SMILES string of the molecule is COC(=O)C1=C(C)N=c2sc(=Cc3ccc(Br)cc3)c(=O)n2C1c1ccc(Cl)c([N+](=O)[O-])c1. The highest BCUT2D eigenvalue weighted by Crippen LogP contribution is 2.34. The summed E-state index contributed by atoms with van der Waals surface area (Å²) in [6.45, 7) is 1.63. The van der Waals surface area contributed by atoms with Crippen LogP contribution in [0.2, 0.25) is 5.02 Å². The number of hydrogen-bond donors (Lipinski definition) is 0. The van der Waals surface area contributed by atoms with E-state index in [1.54, 1.807) is 19.1 Å². The summed E-state index contributed by atoms with van der Waals surface area (Å²) < 4.78 is 7.62. The van der Waals surface area contributed by atoms with Crippen molar-refractivity contribution >= 4 is 56.6 Å². The number of aromatic nitrogens is 1. The van der Waals surface area contributed by atoms with Gasteiger partial charge in [-0.15, -0.1) is 0 Å². The molecule has 1 aliphatic heterocycles. The van der Waals surface area contributed by atoms with Gasteiger partial charge in [0.25, 0.3) is 11.2 Å². The number of ether oxygens (including phenoxy) is 1. The average Bonchev–Trinajstić information content (AvgIpc) is 3.08. The van der Waals surface area contributed by atoms with E-state index >= 15 is 0 Å². The van der Waals surface area contributed by atoms with Crippen molar-refractivity contribution in [2.75, 3.05) is 7.11 Å². The largest absolute Gasteiger partial charge is 0.466 e. The highest BCUT2D eigenvalue weighted by Gasteiger charge is 2.34. The van der Waals surface area contributed by atoms with E-state index in [0.717, 1.165) is 10.0 Å². The maximum Gasteiger partial charge on any atom is 0.338 e. The van der Waals surface area contributed by atoms with E-state index in [1.165, 1.54) is 35.1 Å². The lowest BCUT2D eigenvalue weighted by Crippen LogP contribution is -2.39. The minimum absolute atomic E-state index is 0.0493. The van der Waals surface area contributed by atoms with Crippen LogP contribution < -0.4 is 14.9 Å². The number of thiazole rings is 1. The number of allylic oxidation sites excluding steroid dienone is 1. The Morgan fingerprint density at radius 3 is 2.64 bits per heavy atom. The number of nitrogens with zero attached hydrogens (tertiary/aromatic N) is 3. The van der Waals surface area contributed by atoms with Gasteiger partial charge in [0.2, 0.25) is 0 Å². The molecule has 1 aromatic heterocycles. The molecule has 1 aliphatic rings. The van der Waals surface area contributed by atoms with Gasteiger partial charge < -0.3 is 4.74 Å². The van der Waals surface area contributed by atoms with Crippen molar-refractivity contribution in [2.45, 2.75) is 13.0 Å². The number of fused-ring (bicyclic) bond motifs is 1. The molecule has 3 aromatic rings. The van der Waals surface area contributed by atoms with E-state index in [0.29, 0.717) is 20.6 Å². The molecule has 0 aliphatic carbocycles. The van der Waals surface area contributed by atoms with Crippen LogP contribution in [0.15, 0.2) is 68.0 Å². The zero-order chi connectivity index (χ0) is 23.9. The number of carbonyl (C=O) groups excluding carboxylic acids is 1. The minimum atomic E-state index is -0.961. The van der Waals surface area contributed by atoms with Crippen molar-refractivity contribution in [1.29, 1.82) is 0 Å². The summed E-state index contributed by atoms with van der Waals surface area (Å²) in [5.74, 6) is -0.680. The Kier molecular flexibility index (Phi) is 6.33. The van der Waals surface area contributed by atoms with E-state index in [2.05, 4.69) is 20.9 Å². The molecule has 0 fully saturated rings. The summed E-state index contributed by atoms with van der Waals surface area (Å²) in [4.78, 5) is 41.8. The number of rotatable bonds is 4. The fraction of sp³-hybridized carbons (Fsp3) is 0.136. The van der Waals surface area contributed by atoms with Crippen molar-refractivity contribution in [2.24, 2.45) is 4.99 Å². The van der Waals surface area contributed by atoms with Crippen molar-refractivity contribution < 1.29 is 14.5 Å². The van der Waals surface area contributed by atoms with Crippen molar-refractivity contribution in [1.82, 2.24) is 4.57 Å². The van der Waals surface area contributed by atoms with Gasteiger partial charge in [0, 0.05) is 10.5 Å². The lowest BCUT2D eigenvalue weighted by molar-refractivity contribution is -0.384. The molecular formula is C22H15BrClN3O5S. The van der Waals surface area contributed by atoms with E-state index in [4.69, 9.17) is 16.3 Å². The fourth-order valence-electron chi connectivity index (χ4n) is 3.56. The third-order valence-electron chi connectivity index (χ3n) is 5.08. The number of nitro groups is 1. The first-order valence-corrected chi connectivity index (χ1v) is 11.5. The summed E-state index contributed by atoms with van der Waals surface area (Å²) in [7, 11) is 1.22. The Morgan fingerprint density at radius 2 is 2.00 bits per heavy atom. The van der Waals surface area contributed by atoms with Gasteiger partial charge in [-0.05, 0) is 42.3 Å². The first-order chi connectivity index (χ1) is 15.7. The second-order valence-corrected chi connectivity index (χ2v) is 9.42. The monoisotopic (exact) mass is 547 g/mol. The first-order valence-electron chi connectivity index (χ1n) is 9.51. The normalized spacial score (nSPS) is 15.8. The molecule has 0 bridgehead atoms. The topological polar surface area (TPSA) is 104 Å². The summed E-state index contributed by atoms with van der Waals surface area (Å²) >= 11 is 10.5. The Morgan fingerprint density at radius 1 is 1.30 bits per heavy atom. The Bertz CT molecular complexity index is 1510. The van der Waals surface area contributed by atoms with Crippen LogP contribution in [0.4, 0.5) is 5.69 Å². The third-order valence-corrected chi connectivity index (χ3v) is 6.91. The average molecular weight is 549 g/mol. The van der Waals surface area contributed by atoms with Crippen LogP contribution in [-0.4, -0.2) is 22.6 Å². The van der Waals surface area contributed by atoms with Crippen LogP contribution in [0, 0.1) is 10.1 Å². The van der Waals surface area contributed by atoms with Crippen LogP contribution in [0.25, 0.3) is 6.08 Å². The van der Waals surface area contributed by atoms with Gasteiger partial charge in [0.15, 0.2) is 4.80 Å². The number of benzene rings is 2. The number of hydrogen-bond acceptors (Lipinski definition) is 7. The second kappa shape index (κ2) is 9.05. The molecular weight excluding hydrogens is 534 g/mol. The highest BCUT2D eigenvalue weighted by molar-refractivity contribution is 9.10. The van der Waals surface area contributed by atoms with Gasteiger partial charge in [-0.3, -0.25) is 19.5 Å². The molecule has 1 unspecified atom stereocenters. The van der Waals surface area contributed by atoms with E-state index in [-0.39, 0.29) is 21.8 Å². The van der Waals surface area contributed by atoms with Gasteiger partial charge in [-0.25, -0.2) is 9.79 Å². The molecule has 8 nitrogen and oxygen atoms in total. The predicted octanol–water partition coefficient (Wildman–Crippen LogP) is 3.73. The zero-order valence-corrected chi connectivity index (χ0v) is 20.4. The molecule has 0 saturated heterocycles. The maximum atomic E-state index is 13.5. The number of carbonyl (C=O) groups is 1. The quantitative estimate of drug-likeness (QED) is 0.281. The van der Waals surface area contributed by atoms with Crippen molar-refractivity contribution in [3.8, 4) is 0 Å². The molecule has 1 atom stereocenters. The molecule has 168 valence electrons. The van der Waals surface area contributed by atoms with Crippen LogP contribution >= 0.6 is 38.9 Å². The maximum absolute atomic E-state index is 13.5. The molecule has 0 radical (unpaired) electrons. The second-order valence-electron chi connectivity index (χ2n) is 7.09. The van der Waals surface area contributed by atoms with Gasteiger partial charge in [-0.1, -0.05) is 57.1 Å². The molecule has 0 spiro atoms. The predicted molar refractivity (Wildman–Crippen MR) is 128 cm³/mol. The lowest BCUT2D eigenvalue weighted by atomic mass is 9.95. The van der Waals surface area contributed by atoms with Crippen molar-refractivity contribution in [3.63, 3.8) is 0 Å². The molecule has 33 heavy (non-hydrogen) atoms. The van der Waals surface area contributed by atoms with Crippen LogP contribution in [0.5, 0.6) is 0 Å². The third kappa shape index (κ3) is 4.29. The molecule has 0 amide bonds. The molecule has 2 aromatic carbocycles. The van der Waals surface area contributed by atoms with E-state index in [9.17, 15) is 19.7 Å². The van der Waals surface area contributed by atoms with E-state index < -0.39 is 16.9 Å². The van der Waals surface area contributed by atoms with Crippen LogP contribution in [-0.2, 0) is 9.53 Å². The lowest BCUT2D eigenvalue weighted by Gasteiger charge is -2.24. The van der Waals surface area contributed by atoms with Crippen molar-refractivity contribution in [3.05, 3.63) is 104 Å². The Balaban J connectivity index is 1.99. The summed E-state index contributed by atoms with van der Waals surface area (Å²) in [5.41, 5.74) is 0.934. The first kappa shape index (κ1) is 23.1. The number of esters is 1. The number of methoxy groups -OCH3 is 1. The van der Waals surface area contributed by atoms with Gasteiger partial charge in [-0.2, -0.15) is 0 Å². The molecule has 4 rings (SSSR count). The van der Waals surface area contributed by atoms with E-state index in [1.807, 2.05) is 24.3 Å². The van der Waals surface area contributed by atoms with Gasteiger partial charge >= 0.3 is 5.97 Å². The Labute approximate surface area is 204 Å². The Hall–Kier alpha value is -3.08. The summed E-state index contributed by atoms with van der Waals surface area (Å²) in [6.07, 6.45) is 1.73. The van der Waals surface area contributed by atoms with Gasteiger partial charge in [0.05, 0.1) is 33.9 Å². The fourth-order valence-corrected chi connectivity index (χ4v) is 5.06. The van der Waals surface area contributed by atoms with Gasteiger partial charge in [0.1, 0.15) is 5.02 Å². The highest BCUT2D eigenvalue weighted by atomic mass is 79.9. The molecule has 0 N–H and O–H groups in total. The smallest absolute Gasteiger partial charge is 0.338 e. The molecule has 11 heteroatoms. The van der Waals surface area contributed by atoms with Crippen LogP contribution in [0.3, 0.4) is 0 Å². The standard InChI is InChI=1S/C22H15BrClN3O5S/c1-11-18(21(29)32-2)19(13-5-8-15(24)16(10-13)27(30)31)26-20(28)17(33-22(26)25-11)9-12-3-6-14(23)7-4-12/h3-10,19H,1-2H3. The summed E-state index contributed by atoms with van der Waals surface area (Å²) in [6, 6.07) is 10.7. The number of nitro benzene ring substituents is 1. The molecule has 0 saturated carbocycles. The summed E-state index contributed by atoms with van der Waals surface area (Å²) in [5, 5.41) is 11.4. The van der Waals surface area contributed by atoms with Crippen LogP contribution in [0.1, 0.15) is 24.1 Å². The zero-order valence-electron chi connectivity index (χ0n) is 17.2.